The van der Waals surface area contributed by atoms with Gasteiger partial charge in [0.2, 0.25) is 11.0 Å². The van der Waals surface area contributed by atoms with Crippen molar-refractivity contribution >= 4 is 11.8 Å². The lowest BCUT2D eigenvalue weighted by molar-refractivity contribution is 0.344. The Balaban J connectivity index is 1.38. The number of benzene rings is 2. The molecule has 29 heavy (non-hydrogen) atoms. The number of aryl methyl sites for hydroxylation is 1. The van der Waals surface area contributed by atoms with E-state index in [4.69, 9.17) is 9.47 Å². The van der Waals surface area contributed by atoms with Crippen LogP contribution < -0.4 is 9.47 Å². The summed E-state index contributed by atoms with van der Waals surface area (Å²) in [5.74, 6) is 3.17. The van der Waals surface area contributed by atoms with E-state index in [1.54, 1.807) is 17.1 Å². The average Bonchev–Trinajstić information content (AvgIpc) is 3.21. The summed E-state index contributed by atoms with van der Waals surface area (Å²) in [4.78, 5) is 13.2. The Morgan fingerprint density at radius 2 is 1.66 bits per heavy atom. The fourth-order valence-corrected chi connectivity index (χ4v) is 3.12. The molecule has 0 aliphatic carbocycles. The zero-order chi connectivity index (χ0) is 19.9. The van der Waals surface area contributed by atoms with Gasteiger partial charge >= 0.3 is 0 Å². The third kappa shape index (κ3) is 5.32. The minimum atomic E-state index is 0.413. The minimum absolute atomic E-state index is 0.413. The normalized spacial score (nSPS) is 10.7. The Hall–Kier alpha value is -3.39. The summed E-state index contributed by atoms with van der Waals surface area (Å²) in [5, 5.41) is 5.08. The molecular weight excluding hydrogens is 386 g/mol. The van der Waals surface area contributed by atoms with Gasteiger partial charge in [-0.1, -0.05) is 48.2 Å². The van der Waals surface area contributed by atoms with Crippen LogP contribution >= 0.6 is 11.8 Å². The third-order valence-corrected chi connectivity index (χ3v) is 4.60. The fourth-order valence-electron chi connectivity index (χ4n) is 2.51. The quantitative estimate of drug-likeness (QED) is 0.319. The maximum atomic E-state index is 5.82. The molecule has 2 heterocycles. The molecule has 2 aromatic carbocycles. The van der Waals surface area contributed by atoms with E-state index in [1.807, 2.05) is 67.6 Å². The molecule has 0 radical (unpaired) electrons. The van der Waals surface area contributed by atoms with Crippen LogP contribution in [0.1, 0.15) is 5.69 Å². The smallest absolute Gasteiger partial charge is 0.255 e. The fraction of sp³-hybridized carbons (Fsp3) is 0.143. The van der Waals surface area contributed by atoms with Crippen LogP contribution in [0.5, 0.6) is 17.4 Å². The molecular formula is C21H19N5O2S. The zero-order valence-corrected chi connectivity index (χ0v) is 16.6. The van der Waals surface area contributed by atoms with E-state index in [0.29, 0.717) is 29.3 Å². The van der Waals surface area contributed by atoms with Crippen LogP contribution in [0.25, 0.3) is 5.95 Å². The lowest BCUT2D eigenvalue weighted by Gasteiger charge is -2.07. The Bertz CT molecular complexity index is 1060. The van der Waals surface area contributed by atoms with E-state index in [-0.39, 0.29) is 0 Å². The van der Waals surface area contributed by atoms with Gasteiger partial charge in [-0.25, -0.2) is 9.97 Å². The number of rotatable bonds is 8. The number of aromatic nitrogens is 5. The highest BCUT2D eigenvalue weighted by molar-refractivity contribution is 7.99. The zero-order valence-electron chi connectivity index (χ0n) is 15.8. The number of hydrogen-bond acceptors (Lipinski definition) is 7. The van der Waals surface area contributed by atoms with Gasteiger partial charge in [0.1, 0.15) is 17.8 Å². The Kier molecular flexibility index (Phi) is 6.01. The molecule has 0 atom stereocenters. The molecule has 8 heteroatoms. The van der Waals surface area contributed by atoms with Crippen LogP contribution in [-0.2, 0) is 0 Å². The van der Waals surface area contributed by atoms with Crippen LogP contribution in [-0.4, -0.2) is 37.1 Å². The lowest BCUT2D eigenvalue weighted by atomic mass is 10.3. The van der Waals surface area contributed by atoms with Gasteiger partial charge in [-0.05, 0) is 31.2 Å². The van der Waals surface area contributed by atoms with Gasteiger partial charge in [-0.2, -0.15) is 9.67 Å². The molecule has 4 rings (SSSR count). The van der Waals surface area contributed by atoms with Crippen molar-refractivity contribution in [2.24, 2.45) is 0 Å². The standard InChI is InChI=1S/C21H19N5O2S/c1-16-14-19(28-18-10-6-3-7-11-18)24-20(23-16)26-15-22-21(25-26)29-13-12-27-17-8-4-2-5-9-17/h2-11,14-15H,12-13H2,1H3. The van der Waals surface area contributed by atoms with Gasteiger partial charge in [-0.3, -0.25) is 0 Å². The second-order valence-corrected chi connectivity index (χ2v) is 7.11. The van der Waals surface area contributed by atoms with E-state index in [2.05, 4.69) is 20.1 Å². The largest absolute Gasteiger partial charge is 0.493 e. The predicted molar refractivity (Wildman–Crippen MR) is 111 cm³/mol. The first-order valence-corrected chi connectivity index (χ1v) is 10.1. The summed E-state index contributed by atoms with van der Waals surface area (Å²) in [6.07, 6.45) is 1.60. The summed E-state index contributed by atoms with van der Waals surface area (Å²) in [6, 6.07) is 21.0. The van der Waals surface area contributed by atoms with E-state index >= 15 is 0 Å². The van der Waals surface area contributed by atoms with Crippen molar-refractivity contribution in [3.05, 3.63) is 78.8 Å². The highest BCUT2D eigenvalue weighted by Crippen LogP contribution is 2.21. The number of thioether (sulfide) groups is 1. The lowest BCUT2D eigenvalue weighted by Crippen LogP contribution is -2.04. The molecule has 0 spiro atoms. The van der Waals surface area contributed by atoms with E-state index in [0.717, 1.165) is 17.2 Å². The van der Waals surface area contributed by atoms with Gasteiger partial charge in [0.25, 0.3) is 5.95 Å². The van der Waals surface area contributed by atoms with Gasteiger partial charge in [0, 0.05) is 17.5 Å². The molecule has 0 fully saturated rings. The first-order chi connectivity index (χ1) is 14.3. The molecule has 0 unspecified atom stereocenters. The molecule has 4 aromatic rings. The monoisotopic (exact) mass is 405 g/mol. The molecule has 7 nitrogen and oxygen atoms in total. The molecule has 0 N–H and O–H groups in total. The van der Waals surface area contributed by atoms with Crippen molar-refractivity contribution in [1.29, 1.82) is 0 Å². The van der Waals surface area contributed by atoms with Crippen molar-refractivity contribution in [1.82, 2.24) is 24.7 Å². The SMILES string of the molecule is Cc1cc(Oc2ccccc2)nc(-n2cnc(SCCOc3ccccc3)n2)n1. The van der Waals surface area contributed by atoms with Crippen LogP contribution in [0.3, 0.4) is 0 Å². The van der Waals surface area contributed by atoms with Gasteiger partial charge in [0.05, 0.1) is 6.61 Å². The predicted octanol–water partition coefficient (Wildman–Crippen LogP) is 4.33. The topological polar surface area (TPSA) is 75.0 Å². The summed E-state index contributed by atoms with van der Waals surface area (Å²) in [6.45, 7) is 2.45. The number of ether oxygens (including phenoxy) is 2. The third-order valence-electron chi connectivity index (χ3n) is 3.79. The summed E-state index contributed by atoms with van der Waals surface area (Å²) in [5.41, 5.74) is 0.780. The average molecular weight is 405 g/mol. The van der Waals surface area contributed by atoms with Crippen LogP contribution in [0, 0.1) is 6.92 Å². The van der Waals surface area contributed by atoms with Crippen LogP contribution in [0.4, 0.5) is 0 Å². The Morgan fingerprint density at radius 1 is 0.931 bits per heavy atom. The molecule has 146 valence electrons. The van der Waals surface area contributed by atoms with Crippen molar-refractivity contribution in [3.8, 4) is 23.3 Å². The summed E-state index contributed by atoms with van der Waals surface area (Å²) < 4.78 is 13.0. The molecule has 0 saturated heterocycles. The summed E-state index contributed by atoms with van der Waals surface area (Å²) >= 11 is 1.51. The maximum absolute atomic E-state index is 5.82. The van der Waals surface area contributed by atoms with Gasteiger partial charge in [0.15, 0.2) is 0 Å². The molecule has 0 saturated carbocycles. The first-order valence-electron chi connectivity index (χ1n) is 9.07. The van der Waals surface area contributed by atoms with E-state index in [1.165, 1.54) is 11.8 Å². The van der Waals surface area contributed by atoms with Crippen LogP contribution in [0.15, 0.2) is 78.2 Å². The molecule has 0 amide bonds. The highest BCUT2D eigenvalue weighted by atomic mass is 32.2. The van der Waals surface area contributed by atoms with E-state index in [9.17, 15) is 0 Å². The second kappa shape index (κ2) is 9.20. The number of para-hydroxylation sites is 2. The first kappa shape index (κ1) is 18.9. The second-order valence-electron chi connectivity index (χ2n) is 6.04. The van der Waals surface area contributed by atoms with E-state index < -0.39 is 0 Å². The van der Waals surface area contributed by atoms with Crippen molar-refractivity contribution < 1.29 is 9.47 Å². The number of hydrogen-bond donors (Lipinski definition) is 0. The Labute approximate surface area is 172 Å². The van der Waals surface area contributed by atoms with Crippen LogP contribution in [0.2, 0.25) is 0 Å². The highest BCUT2D eigenvalue weighted by Gasteiger charge is 2.10. The minimum Gasteiger partial charge on any atom is -0.493 e. The molecule has 0 bridgehead atoms. The van der Waals surface area contributed by atoms with Crippen molar-refractivity contribution in [2.45, 2.75) is 12.1 Å². The molecule has 2 aromatic heterocycles. The van der Waals surface area contributed by atoms with Crippen molar-refractivity contribution in [2.75, 3.05) is 12.4 Å². The maximum Gasteiger partial charge on any atom is 0.255 e. The summed E-state index contributed by atoms with van der Waals surface area (Å²) in [7, 11) is 0. The van der Waals surface area contributed by atoms with Gasteiger partial charge < -0.3 is 9.47 Å². The molecule has 0 aliphatic heterocycles. The number of nitrogens with zero attached hydrogens (tertiary/aromatic N) is 5. The van der Waals surface area contributed by atoms with Gasteiger partial charge in [-0.15, -0.1) is 5.10 Å². The molecule has 0 aliphatic rings. The van der Waals surface area contributed by atoms with Crippen molar-refractivity contribution in [3.63, 3.8) is 0 Å². The Morgan fingerprint density at radius 3 is 2.41 bits per heavy atom.